The number of carbonyl (C=O) groups excluding carboxylic acids is 3. The number of benzene rings is 1. The van der Waals surface area contributed by atoms with E-state index in [4.69, 9.17) is 14.2 Å². The fourth-order valence-electron chi connectivity index (χ4n) is 10.5. The minimum absolute atomic E-state index is 0.126. The lowest BCUT2D eigenvalue weighted by molar-refractivity contribution is -0.207. The summed E-state index contributed by atoms with van der Waals surface area (Å²) in [7, 11) is 0. The summed E-state index contributed by atoms with van der Waals surface area (Å²) in [5.74, 6) is -1.90. The van der Waals surface area contributed by atoms with Crippen molar-refractivity contribution in [2.24, 2.45) is 40.9 Å². The summed E-state index contributed by atoms with van der Waals surface area (Å²) in [6, 6.07) is 9.87. The highest BCUT2D eigenvalue weighted by Crippen LogP contribution is 2.64. The van der Waals surface area contributed by atoms with Crippen molar-refractivity contribution in [1.29, 1.82) is 0 Å². The van der Waals surface area contributed by atoms with E-state index in [1.165, 1.54) is 0 Å². The van der Waals surface area contributed by atoms with Crippen LogP contribution >= 0.6 is 0 Å². The Bertz CT molecular complexity index is 1190. The van der Waals surface area contributed by atoms with E-state index in [1.807, 2.05) is 30.3 Å². The zero-order valence-electron chi connectivity index (χ0n) is 22.2. The predicted molar refractivity (Wildman–Crippen MR) is 137 cm³/mol. The Hall–Kier alpha value is -2.45. The van der Waals surface area contributed by atoms with Crippen molar-refractivity contribution in [2.45, 2.75) is 81.2 Å². The van der Waals surface area contributed by atoms with E-state index in [-0.39, 0.29) is 29.7 Å². The molecule has 0 aromatic heterocycles. The third kappa shape index (κ3) is 3.52. The molecule has 39 heavy (non-hydrogen) atoms. The van der Waals surface area contributed by atoms with Crippen molar-refractivity contribution < 1.29 is 33.7 Å². The van der Waals surface area contributed by atoms with Crippen molar-refractivity contribution in [3.05, 3.63) is 35.9 Å². The minimum Gasteiger partial charge on any atom is -0.458 e. The molecule has 9 rings (SSSR count). The number of nitrogens with one attached hydrogen (secondary N) is 1. The molecule has 6 aliphatic carbocycles. The second kappa shape index (κ2) is 8.29. The first kappa shape index (κ1) is 24.4. The van der Waals surface area contributed by atoms with Gasteiger partial charge in [-0.3, -0.25) is 14.4 Å². The minimum atomic E-state index is -0.768. The summed E-state index contributed by atoms with van der Waals surface area (Å²) in [4.78, 5) is 40.9. The van der Waals surface area contributed by atoms with Crippen LogP contribution in [0.2, 0.25) is 0 Å². The molecule has 8 aliphatic rings. The van der Waals surface area contributed by atoms with Crippen molar-refractivity contribution in [3.63, 3.8) is 0 Å². The number of hydrogen-bond donors (Lipinski definition) is 2. The van der Waals surface area contributed by atoms with Crippen LogP contribution in [0.3, 0.4) is 0 Å². The topological polar surface area (TPSA) is 111 Å². The highest BCUT2D eigenvalue weighted by atomic mass is 16.6. The van der Waals surface area contributed by atoms with Gasteiger partial charge >= 0.3 is 17.9 Å². The average molecular weight is 536 g/mol. The largest absolute Gasteiger partial charge is 0.458 e. The van der Waals surface area contributed by atoms with Crippen molar-refractivity contribution in [1.82, 2.24) is 5.32 Å². The van der Waals surface area contributed by atoms with E-state index < -0.39 is 40.7 Å². The number of fused-ring (bicyclic) bond motifs is 1. The second-order valence-electron chi connectivity index (χ2n) is 13.9. The molecule has 1 aromatic rings. The number of aliphatic hydroxyl groups is 1. The Kier molecular flexibility index (Phi) is 5.18. The lowest BCUT2D eigenvalue weighted by atomic mass is 9.48. The molecule has 8 heteroatoms. The Morgan fingerprint density at radius 3 is 2.38 bits per heavy atom. The summed E-state index contributed by atoms with van der Waals surface area (Å²) in [5, 5.41) is 14.5. The fraction of sp³-hybridized carbons (Fsp3) is 0.710. The first-order valence-electron chi connectivity index (χ1n) is 14.9. The SMILES string of the molecule is O=C1OC2C3CC(C2OC(=O)C24CC5CC(CC(O)(C5)C2)C4)C(C(=O)OC2(c4ccccc4)CCNCC2)C13. The van der Waals surface area contributed by atoms with E-state index in [0.29, 0.717) is 37.5 Å². The van der Waals surface area contributed by atoms with Gasteiger partial charge in [0.1, 0.15) is 17.8 Å². The number of carbonyl (C=O) groups is 3. The number of rotatable bonds is 5. The number of esters is 3. The molecule has 8 atom stereocenters. The predicted octanol–water partition coefficient (Wildman–Crippen LogP) is 2.86. The monoisotopic (exact) mass is 535 g/mol. The standard InChI is InChI=1S/C31H37NO7/c33-26-22-20-11-21(23(22)27(34)39-31(6-8-32-9-7-31)19-4-2-1-3-5-19)25(24(20)37-26)38-28(35)29-12-17-10-18(13-29)15-30(36,14-17)16-29/h1-5,17-18,20-25,32,36H,6-16H2. The zero-order chi connectivity index (χ0) is 26.6. The fourth-order valence-corrected chi connectivity index (χ4v) is 10.5. The van der Waals surface area contributed by atoms with E-state index in [2.05, 4.69) is 5.32 Å². The van der Waals surface area contributed by atoms with E-state index in [9.17, 15) is 19.5 Å². The highest BCUT2D eigenvalue weighted by Gasteiger charge is 2.71. The molecule has 1 aromatic carbocycles. The van der Waals surface area contributed by atoms with Gasteiger partial charge in [0.25, 0.3) is 0 Å². The molecule has 6 bridgehead atoms. The van der Waals surface area contributed by atoms with Crippen LogP contribution < -0.4 is 5.32 Å². The summed E-state index contributed by atoms with van der Waals surface area (Å²) < 4.78 is 18.5. The summed E-state index contributed by atoms with van der Waals surface area (Å²) in [5.41, 5.74) is -1.20. The van der Waals surface area contributed by atoms with Crippen LogP contribution in [0.25, 0.3) is 0 Å². The second-order valence-corrected chi connectivity index (χ2v) is 13.9. The molecule has 2 saturated heterocycles. The van der Waals surface area contributed by atoms with Crippen LogP contribution in [0, 0.1) is 40.9 Å². The van der Waals surface area contributed by atoms with Crippen LogP contribution in [0.15, 0.2) is 30.3 Å². The molecule has 6 saturated carbocycles. The number of piperidine rings is 1. The Morgan fingerprint density at radius 1 is 0.974 bits per heavy atom. The molecule has 8 fully saturated rings. The van der Waals surface area contributed by atoms with Gasteiger partial charge in [-0.1, -0.05) is 30.3 Å². The van der Waals surface area contributed by atoms with Gasteiger partial charge < -0.3 is 24.6 Å². The van der Waals surface area contributed by atoms with Gasteiger partial charge in [-0.25, -0.2) is 0 Å². The lowest BCUT2D eigenvalue weighted by Crippen LogP contribution is -2.59. The smallest absolute Gasteiger partial charge is 0.312 e. The molecule has 2 aliphatic heterocycles. The Labute approximate surface area is 228 Å². The quantitative estimate of drug-likeness (QED) is 0.438. The van der Waals surface area contributed by atoms with Gasteiger partial charge in [0.15, 0.2) is 0 Å². The van der Waals surface area contributed by atoms with Crippen LogP contribution in [0.1, 0.15) is 63.4 Å². The molecule has 208 valence electrons. The van der Waals surface area contributed by atoms with Crippen LogP contribution in [0.5, 0.6) is 0 Å². The van der Waals surface area contributed by atoms with Crippen molar-refractivity contribution in [2.75, 3.05) is 13.1 Å². The maximum Gasteiger partial charge on any atom is 0.312 e. The third-order valence-corrected chi connectivity index (χ3v) is 11.5. The first-order chi connectivity index (χ1) is 18.8. The van der Waals surface area contributed by atoms with Crippen LogP contribution in [0.4, 0.5) is 0 Å². The number of hydrogen-bond acceptors (Lipinski definition) is 8. The molecule has 2 heterocycles. The van der Waals surface area contributed by atoms with Crippen molar-refractivity contribution >= 4 is 17.9 Å². The lowest BCUT2D eigenvalue weighted by Gasteiger charge is -2.58. The molecular weight excluding hydrogens is 498 g/mol. The average Bonchev–Trinajstić information content (AvgIpc) is 3.52. The van der Waals surface area contributed by atoms with Gasteiger partial charge in [-0.15, -0.1) is 0 Å². The van der Waals surface area contributed by atoms with E-state index >= 15 is 0 Å². The molecule has 2 N–H and O–H groups in total. The van der Waals surface area contributed by atoms with Crippen LogP contribution in [-0.4, -0.2) is 53.9 Å². The summed E-state index contributed by atoms with van der Waals surface area (Å²) in [6.45, 7) is 1.48. The molecule has 0 spiro atoms. The van der Waals surface area contributed by atoms with Gasteiger partial charge in [-0.2, -0.15) is 0 Å². The maximum atomic E-state index is 14.0. The molecule has 0 radical (unpaired) electrons. The first-order valence-corrected chi connectivity index (χ1v) is 14.9. The molecule has 0 amide bonds. The van der Waals surface area contributed by atoms with Gasteiger partial charge in [-0.05, 0) is 75.4 Å². The molecule has 8 nitrogen and oxygen atoms in total. The number of ether oxygens (including phenoxy) is 3. The van der Waals surface area contributed by atoms with E-state index in [1.54, 1.807) is 0 Å². The van der Waals surface area contributed by atoms with Crippen LogP contribution in [-0.2, 0) is 34.2 Å². The Balaban J connectivity index is 1.06. The molecular formula is C31H37NO7. The normalized spacial score (nSPS) is 46.2. The Morgan fingerprint density at radius 2 is 1.69 bits per heavy atom. The summed E-state index contributed by atoms with van der Waals surface area (Å²) in [6.07, 6.45) is 5.45. The van der Waals surface area contributed by atoms with E-state index in [0.717, 1.165) is 50.8 Å². The maximum absolute atomic E-state index is 14.0. The van der Waals surface area contributed by atoms with Crippen molar-refractivity contribution in [3.8, 4) is 0 Å². The third-order valence-electron chi connectivity index (χ3n) is 11.5. The highest BCUT2D eigenvalue weighted by molar-refractivity contribution is 5.87. The summed E-state index contributed by atoms with van der Waals surface area (Å²) >= 11 is 0. The van der Waals surface area contributed by atoms with Gasteiger partial charge in [0.05, 0.1) is 22.9 Å². The zero-order valence-corrected chi connectivity index (χ0v) is 22.2. The molecule has 8 unspecified atom stereocenters. The van der Waals surface area contributed by atoms with Gasteiger partial charge in [0, 0.05) is 24.7 Å². The van der Waals surface area contributed by atoms with Gasteiger partial charge in [0.2, 0.25) is 0 Å².